The number of amides is 1. The SMILES string of the molecule is CNC1(CNC(=O)c2ccc(Cl)c(Cl)c2)CCCCC1.Cl. The number of hydrogen-bond donors (Lipinski definition) is 2. The molecule has 3 nitrogen and oxygen atoms in total. The lowest BCUT2D eigenvalue weighted by atomic mass is 9.81. The van der Waals surface area contributed by atoms with E-state index in [1.54, 1.807) is 18.2 Å². The number of carbonyl (C=O) groups is 1. The summed E-state index contributed by atoms with van der Waals surface area (Å²) in [5.41, 5.74) is 0.575. The third kappa shape index (κ3) is 4.75. The molecule has 0 bridgehead atoms. The van der Waals surface area contributed by atoms with Gasteiger partial charge in [0.05, 0.1) is 10.0 Å². The van der Waals surface area contributed by atoms with E-state index in [1.807, 2.05) is 7.05 Å². The molecular formula is C15H21Cl3N2O. The number of likely N-dealkylation sites (N-methyl/N-ethyl adjacent to an activating group) is 1. The quantitative estimate of drug-likeness (QED) is 0.858. The summed E-state index contributed by atoms with van der Waals surface area (Å²) < 4.78 is 0. The molecule has 0 spiro atoms. The Kier molecular flexibility index (Phi) is 7.28. The van der Waals surface area contributed by atoms with Crippen molar-refractivity contribution < 1.29 is 4.79 Å². The Morgan fingerprint density at radius 1 is 1.19 bits per heavy atom. The van der Waals surface area contributed by atoms with Crippen molar-refractivity contribution in [1.29, 1.82) is 0 Å². The van der Waals surface area contributed by atoms with Crippen LogP contribution in [0.25, 0.3) is 0 Å². The molecule has 1 fully saturated rings. The highest BCUT2D eigenvalue weighted by atomic mass is 35.5. The number of rotatable bonds is 4. The second-order valence-corrected chi connectivity index (χ2v) is 6.22. The summed E-state index contributed by atoms with van der Waals surface area (Å²) in [6, 6.07) is 4.94. The van der Waals surface area contributed by atoms with E-state index in [2.05, 4.69) is 10.6 Å². The van der Waals surface area contributed by atoms with Crippen LogP contribution in [-0.2, 0) is 0 Å². The first kappa shape index (κ1) is 18.6. The fourth-order valence-corrected chi connectivity index (χ4v) is 3.03. The van der Waals surface area contributed by atoms with E-state index in [9.17, 15) is 4.79 Å². The number of hydrogen-bond acceptors (Lipinski definition) is 2. The second kappa shape index (κ2) is 8.23. The summed E-state index contributed by atoms with van der Waals surface area (Å²) in [6.07, 6.45) is 5.91. The van der Waals surface area contributed by atoms with Crippen LogP contribution in [0.4, 0.5) is 0 Å². The van der Waals surface area contributed by atoms with Gasteiger partial charge in [0.2, 0.25) is 0 Å². The first-order valence-corrected chi connectivity index (χ1v) is 7.74. The zero-order valence-corrected chi connectivity index (χ0v) is 14.4. The Labute approximate surface area is 142 Å². The van der Waals surface area contributed by atoms with E-state index in [0.29, 0.717) is 22.2 Å². The predicted octanol–water partition coefficient (Wildman–Crippen LogP) is 4.07. The first-order valence-electron chi connectivity index (χ1n) is 6.98. The molecule has 0 radical (unpaired) electrons. The molecule has 118 valence electrons. The van der Waals surface area contributed by atoms with E-state index < -0.39 is 0 Å². The minimum atomic E-state index is -0.108. The second-order valence-electron chi connectivity index (χ2n) is 5.40. The van der Waals surface area contributed by atoms with Gasteiger partial charge in [0.25, 0.3) is 5.91 Å². The van der Waals surface area contributed by atoms with Crippen LogP contribution in [0.5, 0.6) is 0 Å². The Balaban J connectivity index is 0.00000220. The van der Waals surface area contributed by atoms with Crippen LogP contribution in [0.3, 0.4) is 0 Å². The molecule has 2 N–H and O–H groups in total. The number of nitrogens with one attached hydrogen (secondary N) is 2. The van der Waals surface area contributed by atoms with Crippen molar-refractivity contribution in [3.63, 3.8) is 0 Å². The van der Waals surface area contributed by atoms with Gasteiger partial charge in [-0.1, -0.05) is 42.5 Å². The Morgan fingerprint density at radius 3 is 2.43 bits per heavy atom. The molecular weight excluding hydrogens is 331 g/mol. The van der Waals surface area contributed by atoms with Crippen LogP contribution < -0.4 is 10.6 Å². The van der Waals surface area contributed by atoms with E-state index in [1.165, 1.54) is 19.3 Å². The van der Waals surface area contributed by atoms with Crippen LogP contribution in [0.15, 0.2) is 18.2 Å². The summed E-state index contributed by atoms with van der Waals surface area (Å²) in [4.78, 5) is 12.2. The molecule has 0 aliphatic heterocycles. The Hall–Kier alpha value is -0.480. The van der Waals surface area contributed by atoms with Crippen molar-refractivity contribution in [3.05, 3.63) is 33.8 Å². The molecule has 21 heavy (non-hydrogen) atoms. The summed E-state index contributed by atoms with van der Waals surface area (Å²) >= 11 is 11.8. The molecule has 1 aliphatic rings. The van der Waals surface area contributed by atoms with Crippen molar-refractivity contribution in [2.75, 3.05) is 13.6 Å². The van der Waals surface area contributed by atoms with Crippen molar-refractivity contribution >= 4 is 41.5 Å². The smallest absolute Gasteiger partial charge is 0.251 e. The standard InChI is InChI=1S/C15H20Cl2N2O.ClH/c1-18-15(7-3-2-4-8-15)10-19-14(20)11-5-6-12(16)13(17)9-11;/h5-6,9,18H,2-4,7-8,10H2,1H3,(H,19,20);1H. The average molecular weight is 352 g/mol. The zero-order valence-electron chi connectivity index (χ0n) is 12.0. The number of benzene rings is 1. The third-order valence-corrected chi connectivity index (χ3v) is 4.85. The highest BCUT2D eigenvalue weighted by molar-refractivity contribution is 6.42. The van der Waals surface area contributed by atoms with Crippen molar-refractivity contribution in [1.82, 2.24) is 10.6 Å². The van der Waals surface area contributed by atoms with Gasteiger partial charge in [-0.05, 0) is 38.1 Å². The Bertz CT molecular complexity index is 488. The lowest BCUT2D eigenvalue weighted by Gasteiger charge is -2.37. The molecule has 1 amide bonds. The van der Waals surface area contributed by atoms with E-state index in [0.717, 1.165) is 12.8 Å². The zero-order chi connectivity index (χ0) is 14.6. The molecule has 6 heteroatoms. The van der Waals surface area contributed by atoms with Gasteiger partial charge in [-0.2, -0.15) is 0 Å². The van der Waals surface area contributed by atoms with Gasteiger partial charge in [-0.3, -0.25) is 4.79 Å². The largest absolute Gasteiger partial charge is 0.350 e. The fourth-order valence-electron chi connectivity index (χ4n) is 2.73. The monoisotopic (exact) mass is 350 g/mol. The molecule has 1 aromatic carbocycles. The molecule has 0 saturated heterocycles. The molecule has 1 aliphatic carbocycles. The summed E-state index contributed by atoms with van der Waals surface area (Å²) in [5.74, 6) is -0.108. The van der Waals surface area contributed by atoms with Crippen LogP contribution >= 0.6 is 35.6 Å². The normalized spacial score (nSPS) is 16.9. The van der Waals surface area contributed by atoms with Crippen molar-refractivity contribution in [3.8, 4) is 0 Å². The lowest BCUT2D eigenvalue weighted by Crippen LogP contribution is -2.53. The highest BCUT2D eigenvalue weighted by Gasteiger charge is 2.30. The molecule has 0 aromatic heterocycles. The van der Waals surface area contributed by atoms with Gasteiger partial charge < -0.3 is 10.6 Å². The van der Waals surface area contributed by atoms with Gasteiger partial charge in [0.1, 0.15) is 0 Å². The first-order chi connectivity index (χ1) is 9.56. The van der Waals surface area contributed by atoms with Crippen molar-refractivity contribution in [2.45, 2.75) is 37.6 Å². The van der Waals surface area contributed by atoms with E-state index in [-0.39, 0.29) is 23.9 Å². The van der Waals surface area contributed by atoms with Crippen LogP contribution in [-0.4, -0.2) is 25.0 Å². The van der Waals surface area contributed by atoms with Gasteiger partial charge in [-0.15, -0.1) is 12.4 Å². The van der Waals surface area contributed by atoms with Crippen molar-refractivity contribution in [2.24, 2.45) is 0 Å². The maximum absolute atomic E-state index is 12.2. The topological polar surface area (TPSA) is 41.1 Å². The Morgan fingerprint density at radius 2 is 1.86 bits per heavy atom. The maximum atomic E-state index is 12.2. The van der Waals surface area contributed by atoms with Gasteiger partial charge >= 0.3 is 0 Å². The number of halogens is 3. The molecule has 1 aromatic rings. The van der Waals surface area contributed by atoms with Crippen LogP contribution in [0, 0.1) is 0 Å². The molecule has 1 saturated carbocycles. The van der Waals surface area contributed by atoms with Gasteiger partial charge in [-0.25, -0.2) is 0 Å². The van der Waals surface area contributed by atoms with E-state index in [4.69, 9.17) is 23.2 Å². The molecule has 0 unspecified atom stereocenters. The summed E-state index contributed by atoms with van der Waals surface area (Å²) in [6.45, 7) is 0.641. The van der Waals surface area contributed by atoms with Crippen LogP contribution in [0.1, 0.15) is 42.5 Å². The minimum Gasteiger partial charge on any atom is -0.350 e. The summed E-state index contributed by atoms with van der Waals surface area (Å²) in [7, 11) is 1.97. The van der Waals surface area contributed by atoms with E-state index >= 15 is 0 Å². The van der Waals surface area contributed by atoms with Gasteiger partial charge in [0.15, 0.2) is 0 Å². The highest BCUT2D eigenvalue weighted by Crippen LogP contribution is 2.27. The molecule has 2 rings (SSSR count). The maximum Gasteiger partial charge on any atom is 0.251 e. The molecule has 0 heterocycles. The fraction of sp³-hybridized carbons (Fsp3) is 0.533. The summed E-state index contributed by atoms with van der Waals surface area (Å²) in [5, 5.41) is 7.25. The number of carbonyl (C=O) groups excluding carboxylic acids is 1. The average Bonchev–Trinajstić information content (AvgIpc) is 2.48. The van der Waals surface area contributed by atoms with Gasteiger partial charge in [0, 0.05) is 17.6 Å². The third-order valence-electron chi connectivity index (χ3n) is 4.11. The minimum absolute atomic E-state index is 0. The molecule has 0 atom stereocenters. The predicted molar refractivity (Wildman–Crippen MR) is 90.9 cm³/mol. The lowest BCUT2D eigenvalue weighted by molar-refractivity contribution is 0.0931. The van der Waals surface area contributed by atoms with Crippen LogP contribution in [0.2, 0.25) is 10.0 Å².